The minimum Gasteiger partial charge on any atom is -0.364 e. The van der Waals surface area contributed by atoms with Crippen molar-refractivity contribution >= 4 is 10.0 Å². The van der Waals surface area contributed by atoms with E-state index in [0.29, 0.717) is 18.8 Å². The van der Waals surface area contributed by atoms with E-state index in [9.17, 15) is 8.42 Å². The van der Waals surface area contributed by atoms with Crippen LogP contribution in [0.4, 0.5) is 0 Å². The van der Waals surface area contributed by atoms with Gasteiger partial charge in [-0.05, 0) is 30.6 Å². The van der Waals surface area contributed by atoms with E-state index in [0.717, 1.165) is 30.8 Å². The van der Waals surface area contributed by atoms with E-state index in [2.05, 4.69) is 10.1 Å². The second-order valence-corrected chi connectivity index (χ2v) is 8.84. The topological polar surface area (TPSA) is 66.7 Å². The summed E-state index contributed by atoms with van der Waals surface area (Å²) >= 11 is 0. The normalized spacial score (nSPS) is 33.0. The standard InChI is InChI=1S/C15H23N3O3S/c19-22(20,11-12-4-9-21-16-12)18-7-5-17(6-8-18)10-15-13-2-1-3-14(13)15/h4,9,13-15H,1-3,5-8,10-11H2. The highest BCUT2D eigenvalue weighted by molar-refractivity contribution is 7.88. The van der Waals surface area contributed by atoms with Gasteiger partial charge in [-0.15, -0.1) is 0 Å². The van der Waals surface area contributed by atoms with Gasteiger partial charge in [-0.1, -0.05) is 11.6 Å². The molecule has 22 heavy (non-hydrogen) atoms. The van der Waals surface area contributed by atoms with Gasteiger partial charge in [-0.25, -0.2) is 8.42 Å². The van der Waals surface area contributed by atoms with E-state index in [1.807, 2.05) is 0 Å². The molecule has 2 atom stereocenters. The van der Waals surface area contributed by atoms with Gasteiger partial charge in [0.2, 0.25) is 10.0 Å². The monoisotopic (exact) mass is 325 g/mol. The van der Waals surface area contributed by atoms with Gasteiger partial charge in [0.05, 0.1) is 5.69 Å². The average molecular weight is 325 g/mol. The van der Waals surface area contributed by atoms with Crippen LogP contribution in [0.5, 0.6) is 0 Å². The molecule has 0 N–H and O–H groups in total. The molecule has 0 radical (unpaired) electrons. The summed E-state index contributed by atoms with van der Waals surface area (Å²) in [5.41, 5.74) is 0.480. The molecule has 1 saturated heterocycles. The first-order valence-corrected chi connectivity index (χ1v) is 9.84. The molecule has 1 aromatic heterocycles. The Balaban J connectivity index is 1.28. The summed E-state index contributed by atoms with van der Waals surface area (Å²) in [6.45, 7) is 4.08. The van der Waals surface area contributed by atoms with Crippen LogP contribution in [-0.4, -0.2) is 55.5 Å². The Kier molecular flexibility index (Phi) is 3.74. The molecule has 122 valence electrons. The first-order chi connectivity index (χ1) is 10.6. The van der Waals surface area contributed by atoms with Crippen LogP contribution in [0.2, 0.25) is 0 Å². The van der Waals surface area contributed by atoms with Crippen molar-refractivity contribution in [2.75, 3.05) is 32.7 Å². The first-order valence-electron chi connectivity index (χ1n) is 8.23. The molecule has 3 fully saturated rings. The maximum atomic E-state index is 12.4. The predicted octanol–water partition coefficient (Wildman–Crippen LogP) is 1.17. The summed E-state index contributed by atoms with van der Waals surface area (Å²) in [5, 5.41) is 3.70. The van der Waals surface area contributed by atoms with Crippen LogP contribution in [0.25, 0.3) is 0 Å². The molecule has 0 amide bonds. The molecule has 2 heterocycles. The highest BCUT2D eigenvalue weighted by Crippen LogP contribution is 2.57. The van der Waals surface area contributed by atoms with E-state index in [1.165, 1.54) is 32.1 Å². The van der Waals surface area contributed by atoms with Crippen LogP contribution < -0.4 is 0 Å². The smallest absolute Gasteiger partial charge is 0.220 e. The maximum Gasteiger partial charge on any atom is 0.220 e. The van der Waals surface area contributed by atoms with Crippen molar-refractivity contribution in [2.24, 2.45) is 17.8 Å². The van der Waals surface area contributed by atoms with E-state index in [1.54, 1.807) is 10.4 Å². The Labute approximate surface area is 131 Å². The number of nitrogens with zero attached hydrogens (tertiary/aromatic N) is 3. The zero-order chi connectivity index (χ0) is 15.2. The number of rotatable bonds is 5. The SMILES string of the molecule is O=S(=O)(Cc1ccon1)N1CCN(CC2C3CCCC32)CC1. The van der Waals surface area contributed by atoms with Crippen molar-refractivity contribution in [2.45, 2.75) is 25.0 Å². The van der Waals surface area contributed by atoms with Gasteiger partial charge in [0.25, 0.3) is 0 Å². The third-order valence-corrected chi connectivity index (χ3v) is 7.41. The zero-order valence-electron chi connectivity index (χ0n) is 12.7. The molecular formula is C15H23N3O3S. The van der Waals surface area contributed by atoms with Crippen molar-refractivity contribution < 1.29 is 12.9 Å². The van der Waals surface area contributed by atoms with Crippen molar-refractivity contribution in [3.05, 3.63) is 18.0 Å². The second-order valence-electron chi connectivity index (χ2n) is 6.87. The van der Waals surface area contributed by atoms with Gasteiger partial charge >= 0.3 is 0 Å². The number of sulfonamides is 1. The Morgan fingerprint density at radius 2 is 1.91 bits per heavy atom. The largest absolute Gasteiger partial charge is 0.364 e. The van der Waals surface area contributed by atoms with Gasteiger partial charge in [-0.2, -0.15) is 4.31 Å². The van der Waals surface area contributed by atoms with Gasteiger partial charge in [0.15, 0.2) is 0 Å². The summed E-state index contributed by atoms with van der Waals surface area (Å²) in [6.07, 6.45) is 5.66. The Morgan fingerprint density at radius 3 is 2.55 bits per heavy atom. The van der Waals surface area contributed by atoms with Crippen molar-refractivity contribution in [3.8, 4) is 0 Å². The molecule has 2 saturated carbocycles. The summed E-state index contributed by atoms with van der Waals surface area (Å²) < 4.78 is 31.1. The fourth-order valence-electron chi connectivity index (χ4n) is 4.32. The number of hydrogen-bond donors (Lipinski definition) is 0. The number of aromatic nitrogens is 1. The Hall–Kier alpha value is -0.920. The molecule has 1 aliphatic heterocycles. The third kappa shape index (κ3) is 2.81. The second kappa shape index (κ2) is 5.62. The number of hydrogen-bond acceptors (Lipinski definition) is 5. The van der Waals surface area contributed by atoms with Gasteiger partial charge in [0, 0.05) is 38.8 Å². The lowest BCUT2D eigenvalue weighted by molar-refractivity contribution is 0.175. The van der Waals surface area contributed by atoms with Crippen molar-refractivity contribution in [1.29, 1.82) is 0 Å². The molecular weight excluding hydrogens is 302 g/mol. The first kappa shape index (κ1) is 14.7. The molecule has 2 aliphatic carbocycles. The fourth-order valence-corrected chi connectivity index (χ4v) is 5.74. The lowest BCUT2D eigenvalue weighted by Crippen LogP contribution is -2.49. The van der Waals surface area contributed by atoms with Crippen LogP contribution >= 0.6 is 0 Å². The Bertz CT molecular complexity index is 598. The van der Waals surface area contributed by atoms with Crippen molar-refractivity contribution in [3.63, 3.8) is 0 Å². The minimum atomic E-state index is -3.27. The molecule has 1 aromatic rings. The van der Waals surface area contributed by atoms with E-state index < -0.39 is 10.0 Å². The van der Waals surface area contributed by atoms with Crippen LogP contribution in [0.3, 0.4) is 0 Å². The average Bonchev–Trinajstić information content (AvgIpc) is 2.95. The number of piperazine rings is 1. The third-order valence-electron chi connectivity index (χ3n) is 5.60. The molecule has 0 aromatic carbocycles. The van der Waals surface area contributed by atoms with Crippen LogP contribution in [0.1, 0.15) is 25.0 Å². The Morgan fingerprint density at radius 1 is 1.18 bits per heavy atom. The summed E-state index contributed by atoms with van der Waals surface area (Å²) in [6, 6.07) is 1.61. The molecule has 2 unspecified atom stereocenters. The lowest BCUT2D eigenvalue weighted by Gasteiger charge is -2.34. The fraction of sp³-hybridized carbons (Fsp3) is 0.800. The van der Waals surface area contributed by atoms with Crippen LogP contribution in [-0.2, 0) is 15.8 Å². The van der Waals surface area contributed by atoms with Gasteiger partial charge in [0.1, 0.15) is 12.0 Å². The van der Waals surface area contributed by atoms with Crippen LogP contribution in [0, 0.1) is 17.8 Å². The highest BCUT2D eigenvalue weighted by Gasteiger charge is 2.52. The van der Waals surface area contributed by atoms with E-state index >= 15 is 0 Å². The van der Waals surface area contributed by atoms with E-state index in [-0.39, 0.29) is 5.75 Å². The minimum absolute atomic E-state index is 0.0593. The quantitative estimate of drug-likeness (QED) is 0.813. The summed E-state index contributed by atoms with van der Waals surface area (Å²) in [5.74, 6) is 2.80. The summed E-state index contributed by atoms with van der Waals surface area (Å²) in [4.78, 5) is 2.45. The molecule has 3 aliphatic rings. The van der Waals surface area contributed by atoms with Gasteiger partial charge < -0.3 is 9.42 Å². The van der Waals surface area contributed by atoms with Crippen LogP contribution in [0.15, 0.2) is 16.9 Å². The highest BCUT2D eigenvalue weighted by atomic mass is 32.2. The number of fused-ring (bicyclic) bond motifs is 1. The molecule has 6 nitrogen and oxygen atoms in total. The predicted molar refractivity (Wildman–Crippen MR) is 81.5 cm³/mol. The molecule has 0 bridgehead atoms. The summed E-state index contributed by atoms with van der Waals surface area (Å²) in [7, 11) is -3.27. The molecule has 0 spiro atoms. The van der Waals surface area contributed by atoms with Gasteiger partial charge in [-0.3, -0.25) is 0 Å². The molecule has 4 rings (SSSR count). The molecule has 7 heteroatoms. The maximum absolute atomic E-state index is 12.4. The zero-order valence-corrected chi connectivity index (χ0v) is 13.5. The van der Waals surface area contributed by atoms with E-state index in [4.69, 9.17) is 4.52 Å². The lowest BCUT2D eigenvalue weighted by atomic mass is 10.1. The van der Waals surface area contributed by atoms with Crippen molar-refractivity contribution in [1.82, 2.24) is 14.4 Å².